The molecule has 0 unspecified atom stereocenters. The van der Waals surface area contributed by atoms with E-state index in [1.165, 1.54) is 0 Å². The SMILES string of the molecule is COc1nn(C(c2ccccc2)(c2ccccc2)c2ccccc2)c2cc(Cl)nc(-c3ccnc(C=O)c3)c12. The molecule has 7 heteroatoms. The Morgan fingerprint density at radius 1 is 0.821 bits per heavy atom. The Morgan fingerprint density at radius 3 is 1.90 bits per heavy atom. The van der Waals surface area contributed by atoms with Crippen LogP contribution in [0.15, 0.2) is 115 Å². The minimum absolute atomic E-state index is 0.286. The summed E-state index contributed by atoms with van der Waals surface area (Å²) in [5, 5.41) is 6.05. The zero-order chi connectivity index (χ0) is 26.8. The lowest BCUT2D eigenvalue weighted by atomic mass is 9.77. The molecule has 3 aromatic carbocycles. The van der Waals surface area contributed by atoms with Gasteiger partial charge in [0.1, 0.15) is 16.4 Å². The van der Waals surface area contributed by atoms with E-state index in [0.717, 1.165) is 22.2 Å². The first-order valence-corrected chi connectivity index (χ1v) is 12.8. The van der Waals surface area contributed by atoms with Gasteiger partial charge >= 0.3 is 0 Å². The first-order valence-electron chi connectivity index (χ1n) is 12.4. The van der Waals surface area contributed by atoms with Gasteiger partial charge in [0.25, 0.3) is 0 Å². The summed E-state index contributed by atoms with van der Waals surface area (Å²) < 4.78 is 7.84. The molecule has 0 saturated heterocycles. The van der Waals surface area contributed by atoms with Crippen molar-refractivity contribution in [1.29, 1.82) is 0 Å². The number of aromatic nitrogens is 4. The summed E-state index contributed by atoms with van der Waals surface area (Å²) in [6, 6.07) is 36.0. The van der Waals surface area contributed by atoms with Crippen molar-refractivity contribution in [3.63, 3.8) is 0 Å². The van der Waals surface area contributed by atoms with Crippen LogP contribution in [-0.4, -0.2) is 33.1 Å². The van der Waals surface area contributed by atoms with Crippen molar-refractivity contribution in [3.05, 3.63) is 143 Å². The van der Waals surface area contributed by atoms with E-state index in [4.69, 9.17) is 21.4 Å². The number of fused-ring (bicyclic) bond motifs is 1. The van der Waals surface area contributed by atoms with E-state index >= 15 is 0 Å². The molecular formula is C32H23ClN4O2. The molecule has 0 fully saturated rings. The molecular weight excluding hydrogens is 508 g/mol. The molecule has 3 heterocycles. The van der Waals surface area contributed by atoms with Gasteiger partial charge in [0, 0.05) is 17.8 Å². The maximum Gasteiger partial charge on any atom is 0.242 e. The number of hydrogen-bond donors (Lipinski definition) is 0. The Bertz CT molecular complexity index is 1670. The molecule has 0 saturated carbocycles. The minimum atomic E-state index is -0.882. The number of methoxy groups -OCH3 is 1. The van der Waals surface area contributed by atoms with Crippen molar-refractivity contribution in [2.24, 2.45) is 0 Å². The summed E-state index contributed by atoms with van der Waals surface area (Å²) in [7, 11) is 1.59. The van der Waals surface area contributed by atoms with Crippen LogP contribution in [0.5, 0.6) is 5.88 Å². The first-order chi connectivity index (χ1) is 19.2. The lowest BCUT2D eigenvalue weighted by Gasteiger charge is -2.36. The average Bonchev–Trinajstić information content (AvgIpc) is 3.37. The van der Waals surface area contributed by atoms with Crippen molar-refractivity contribution in [1.82, 2.24) is 19.7 Å². The summed E-state index contributed by atoms with van der Waals surface area (Å²) in [5.74, 6) is 0.390. The summed E-state index contributed by atoms with van der Waals surface area (Å²) in [4.78, 5) is 20.3. The normalized spacial score (nSPS) is 11.4. The summed E-state index contributed by atoms with van der Waals surface area (Å²) >= 11 is 6.68. The molecule has 39 heavy (non-hydrogen) atoms. The van der Waals surface area contributed by atoms with Gasteiger partial charge in [0.2, 0.25) is 5.88 Å². The van der Waals surface area contributed by atoms with E-state index in [1.54, 1.807) is 31.5 Å². The van der Waals surface area contributed by atoms with Crippen LogP contribution in [0, 0.1) is 0 Å². The monoisotopic (exact) mass is 530 g/mol. The number of nitrogens with zero attached hydrogens (tertiary/aromatic N) is 4. The molecule has 0 aliphatic rings. The second kappa shape index (κ2) is 10.2. The van der Waals surface area contributed by atoms with Crippen LogP contribution in [0.4, 0.5) is 0 Å². The number of benzene rings is 3. The van der Waals surface area contributed by atoms with Gasteiger partial charge in [0.15, 0.2) is 6.29 Å². The number of ether oxygens (including phenoxy) is 1. The lowest BCUT2D eigenvalue weighted by molar-refractivity contribution is 0.111. The molecule has 0 N–H and O–H groups in total. The molecule has 3 aromatic heterocycles. The van der Waals surface area contributed by atoms with Gasteiger partial charge in [-0.3, -0.25) is 9.78 Å². The molecule has 0 radical (unpaired) electrons. The fraction of sp³-hybridized carbons (Fsp3) is 0.0625. The Balaban J connectivity index is 1.79. The molecule has 6 rings (SSSR count). The van der Waals surface area contributed by atoms with E-state index in [-0.39, 0.29) is 5.15 Å². The molecule has 6 nitrogen and oxygen atoms in total. The van der Waals surface area contributed by atoms with Crippen LogP contribution in [0.25, 0.3) is 22.2 Å². The smallest absolute Gasteiger partial charge is 0.242 e. The number of carbonyl (C=O) groups is 1. The highest BCUT2D eigenvalue weighted by molar-refractivity contribution is 6.30. The second-order valence-electron chi connectivity index (χ2n) is 9.00. The molecule has 0 aliphatic heterocycles. The summed E-state index contributed by atoms with van der Waals surface area (Å²) in [6.45, 7) is 0. The summed E-state index contributed by atoms with van der Waals surface area (Å²) in [6.07, 6.45) is 2.28. The Labute approximate surface area is 230 Å². The van der Waals surface area contributed by atoms with Gasteiger partial charge < -0.3 is 4.74 Å². The van der Waals surface area contributed by atoms with Crippen LogP contribution in [0.1, 0.15) is 27.2 Å². The molecule has 0 aliphatic carbocycles. The molecule has 190 valence electrons. The largest absolute Gasteiger partial charge is 0.479 e. The van der Waals surface area contributed by atoms with Gasteiger partial charge in [-0.25, -0.2) is 9.67 Å². The van der Waals surface area contributed by atoms with E-state index < -0.39 is 5.54 Å². The molecule has 0 atom stereocenters. The molecule has 6 aromatic rings. The number of pyridine rings is 2. The minimum Gasteiger partial charge on any atom is -0.479 e. The number of rotatable bonds is 7. The Morgan fingerprint density at radius 2 is 1.38 bits per heavy atom. The molecule has 0 bridgehead atoms. The van der Waals surface area contributed by atoms with Crippen molar-refractivity contribution in [2.75, 3.05) is 7.11 Å². The highest BCUT2D eigenvalue weighted by Crippen LogP contribution is 2.45. The predicted molar refractivity (Wildman–Crippen MR) is 152 cm³/mol. The Hall–Kier alpha value is -4.81. The van der Waals surface area contributed by atoms with Crippen molar-refractivity contribution < 1.29 is 9.53 Å². The van der Waals surface area contributed by atoms with Crippen molar-refractivity contribution in [2.45, 2.75) is 5.54 Å². The van der Waals surface area contributed by atoms with Crippen LogP contribution in [0.3, 0.4) is 0 Å². The van der Waals surface area contributed by atoms with Gasteiger partial charge in [0.05, 0.1) is 23.7 Å². The third-order valence-electron chi connectivity index (χ3n) is 6.86. The van der Waals surface area contributed by atoms with E-state index in [0.29, 0.717) is 34.5 Å². The molecule has 0 amide bonds. The quantitative estimate of drug-likeness (QED) is 0.129. The fourth-order valence-corrected chi connectivity index (χ4v) is 5.43. The van der Waals surface area contributed by atoms with E-state index in [2.05, 4.69) is 46.4 Å². The Kier molecular flexibility index (Phi) is 6.39. The maximum absolute atomic E-state index is 11.5. The van der Waals surface area contributed by atoms with E-state index in [1.807, 2.05) is 59.3 Å². The zero-order valence-electron chi connectivity index (χ0n) is 21.0. The van der Waals surface area contributed by atoms with E-state index in [9.17, 15) is 4.79 Å². The standard InChI is InChI=1S/C32H23ClN4O2/c1-39-31-29-27(20-28(33)35-30(29)22-17-18-34-26(19-22)21-38)37(36-31)32(23-11-5-2-6-12-23,24-13-7-3-8-14-24)25-15-9-4-10-16-25/h2-21H,1H3. The number of hydrogen-bond acceptors (Lipinski definition) is 5. The van der Waals surface area contributed by atoms with Crippen LogP contribution in [0.2, 0.25) is 5.15 Å². The second-order valence-corrected chi connectivity index (χ2v) is 9.39. The summed E-state index contributed by atoms with van der Waals surface area (Å²) in [5.41, 5.74) is 4.40. The van der Waals surface area contributed by atoms with Crippen LogP contribution >= 0.6 is 11.6 Å². The van der Waals surface area contributed by atoms with Crippen LogP contribution < -0.4 is 4.74 Å². The molecule has 0 spiro atoms. The average molecular weight is 531 g/mol. The first kappa shape index (κ1) is 24.5. The van der Waals surface area contributed by atoms with Gasteiger partial charge in [-0.05, 0) is 28.8 Å². The number of halogens is 1. The van der Waals surface area contributed by atoms with Crippen molar-refractivity contribution in [3.8, 4) is 17.1 Å². The van der Waals surface area contributed by atoms with Crippen LogP contribution in [-0.2, 0) is 5.54 Å². The topological polar surface area (TPSA) is 69.9 Å². The van der Waals surface area contributed by atoms with Crippen molar-refractivity contribution >= 4 is 28.8 Å². The highest BCUT2D eigenvalue weighted by Gasteiger charge is 2.41. The fourth-order valence-electron chi connectivity index (χ4n) is 5.25. The number of carbonyl (C=O) groups excluding carboxylic acids is 1. The number of aldehydes is 1. The highest BCUT2D eigenvalue weighted by atomic mass is 35.5. The lowest BCUT2D eigenvalue weighted by Crippen LogP contribution is -2.38. The third kappa shape index (κ3) is 4.06. The van der Waals surface area contributed by atoms with Gasteiger partial charge in [-0.2, -0.15) is 0 Å². The van der Waals surface area contributed by atoms with Gasteiger partial charge in [-0.1, -0.05) is 103 Å². The zero-order valence-corrected chi connectivity index (χ0v) is 21.8. The predicted octanol–water partition coefficient (Wildman–Crippen LogP) is 6.81. The third-order valence-corrected chi connectivity index (χ3v) is 7.05. The maximum atomic E-state index is 11.5. The van der Waals surface area contributed by atoms with Gasteiger partial charge in [-0.15, -0.1) is 5.10 Å².